The molecule has 5 N–H and O–H groups in total. The van der Waals surface area contributed by atoms with E-state index in [1.165, 1.54) is 7.11 Å². The van der Waals surface area contributed by atoms with Gasteiger partial charge in [0.25, 0.3) is 5.91 Å². The van der Waals surface area contributed by atoms with Crippen molar-refractivity contribution in [3.8, 4) is 0 Å². The van der Waals surface area contributed by atoms with Crippen LogP contribution in [0, 0.1) is 0 Å². The van der Waals surface area contributed by atoms with Crippen molar-refractivity contribution in [2.75, 3.05) is 7.11 Å². The van der Waals surface area contributed by atoms with Crippen LogP contribution in [0.15, 0.2) is 24.3 Å². The fourth-order valence-corrected chi connectivity index (χ4v) is 1.73. The van der Waals surface area contributed by atoms with Crippen molar-refractivity contribution in [2.45, 2.75) is 13.1 Å². The number of esters is 1. The molecule has 0 saturated heterocycles. The van der Waals surface area contributed by atoms with Crippen molar-refractivity contribution >= 4 is 11.9 Å². The molecule has 0 radical (unpaired) electrons. The van der Waals surface area contributed by atoms with Gasteiger partial charge in [-0.3, -0.25) is 4.79 Å². The van der Waals surface area contributed by atoms with Gasteiger partial charge in [0.15, 0.2) is 0 Å². The van der Waals surface area contributed by atoms with Gasteiger partial charge in [0.2, 0.25) is 0 Å². The van der Waals surface area contributed by atoms with Crippen LogP contribution in [0.1, 0.15) is 32.4 Å². The number of H-pyrrole nitrogens is 2. The molecular weight excluding hydrogens is 260 g/mol. The topological polar surface area (TPSA) is 113 Å². The zero-order valence-electron chi connectivity index (χ0n) is 11.0. The Bertz CT molecular complexity index is 615. The van der Waals surface area contributed by atoms with Crippen LogP contribution in [0.3, 0.4) is 0 Å². The van der Waals surface area contributed by atoms with Crippen LogP contribution in [0.5, 0.6) is 0 Å². The summed E-state index contributed by atoms with van der Waals surface area (Å²) in [6.45, 7) is 0.638. The second kappa shape index (κ2) is 6.07. The Morgan fingerprint density at radius 2 is 1.80 bits per heavy atom. The summed E-state index contributed by atoms with van der Waals surface area (Å²) in [4.78, 5) is 28.9. The molecule has 0 spiro atoms. The smallest absolute Gasteiger partial charge is 0.354 e. The number of nitrogens with one attached hydrogen (secondary N) is 3. The highest BCUT2D eigenvalue weighted by Crippen LogP contribution is 2.05. The van der Waals surface area contributed by atoms with Gasteiger partial charge in [0.1, 0.15) is 11.4 Å². The minimum Gasteiger partial charge on any atom is -0.464 e. The molecule has 0 atom stereocenters. The first-order valence-electron chi connectivity index (χ1n) is 6.06. The number of hydrogen-bond acceptors (Lipinski definition) is 4. The van der Waals surface area contributed by atoms with E-state index in [0.717, 1.165) is 5.69 Å². The van der Waals surface area contributed by atoms with Crippen molar-refractivity contribution in [3.63, 3.8) is 0 Å². The van der Waals surface area contributed by atoms with Crippen LogP contribution < -0.4 is 11.1 Å². The van der Waals surface area contributed by atoms with Crippen molar-refractivity contribution in [2.24, 2.45) is 5.73 Å². The summed E-state index contributed by atoms with van der Waals surface area (Å²) in [7, 11) is 1.31. The number of methoxy groups -OCH3 is 1. The zero-order chi connectivity index (χ0) is 14.5. The molecule has 0 saturated carbocycles. The summed E-state index contributed by atoms with van der Waals surface area (Å²) >= 11 is 0. The van der Waals surface area contributed by atoms with Crippen molar-refractivity contribution in [1.29, 1.82) is 0 Å². The van der Waals surface area contributed by atoms with Crippen LogP contribution >= 0.6 is 0 Å². The number of hydrogen-bond donors (Lipinski definition) is 4. The SMILES string of the molecule is COC(=O)c1ccc(CNC(=O)c2ccc(CN)[nH]2)[nH]1. The molecule has 0 aromatic carbocycles. The number of amides is 1. The molecule has 0 aliphatic carbocycles. The van der Waals surface area contributed by atoms with Gasteiger partial charge in [-0.05, 0) is 24.3 Å². The molecule has 7 nitrogen and oxygen atoms in total. The highest BCUT2D eigenvalue weighted by molar-refractivity contribution is 5.92. The number of ether oxygens (including phenoxy) is 1. The first kappa shape index (κ1) is 13.9. The lowest BCUT2D eigenvalue weighted by Gasteiger charge is -2.02. The molecule has 0 aliphatic heterocycles. The predicted molar refractivity (Wildman–Crippen MR) is 72.0 cm³/mol. The fraction of sp³-hybridized carbons (Fsp3) is 0.231. The van der Waals surface area contributed by atoms with E-state index in [0.29, 0.717) is 23.6 Å². The quantitative estimate of drug-likeness (QED) is 0.596. The number of carbonyl (C=O) groups excluding carboxylic acids is 2. The third-order valence-electron chi connectivity index (χ3n) is 2.80. The van der Waals surface area contributed by atoms with Crippen molar-refractivity contribution in [3.05, 3.63) is 47.0 Å². The second-order valence-electron chi connectivity index (χ2n) is 4.17. The fourth-order valence-electron chi connectivity index (χ4n) is 1.73. The van der Waals surface area contributed by atoms with Gasteiger partial charge in [-0.2, -0.15) is 0 Å². The van der Waals surface area contributed by atoms with E-state index in [4.69, 9.17) is 5.73 Å². The molecule has 1 amide bonds. The largest absolute Gasteiger partial charge is 0.464 e. The molecule has 0 bridgehead atoms. The molecular formula is C13H16N4O3. The summed E-state index contributed by atoms with van der Waals surface area (Å²) in [5, 5.41) is 2.73. The standard InChI is InChI=1S/C13H16N4O3/c1-20-13(19)11-5-3-9(17-11)7-15-12(18)10-4-2-8(6-14)16-10/h2-5,16-17H,6-7,14H2,1H3,(H,15,18). The van der Waals surface area contributed by atoms with Crippen LogP contribution in [-0.4, -0.2) is 29.0 Å². The number of aromatic amines is 2. The Hall–Kier alpha value is -2.54. The van der Waals surface area contributed by atoms with Crippen LogP contribution in [0.4, 0.5) is 0 Å². The predicted octanol–water partition coefficient (Wildman–Crippen LogP) is 0.518. The second-order valence-corrected chi connectivity index (χ2v) is 4.17. The molecule has 0 fully saturated rings. The van der Waals surface area contributed by atoms with Crippen molar-refractivity contribution in [1.82, 2.24) is 15.3 Å². The number of rotatable bonds is 5. The number of carbonyl (C=O) groups is 2. The molecule has 106 valence electrons. The monoisotopic (exact) mass is 276 g/mol. The van der Waals surface area contributed by atoms with Crippen molar-refractivity contribution < 1.29 is 14.3 Å². The van der Waals surface area contributed by atoms with Gasteiger partial charge in [-0.15, -0.1) is 0 Å². The molecule has 20 heavy (non-hydrogen) atoms. The average molecular weight is 276 g/mol. The van der Waals surface area contributed by atoms with E-state index in [2.05, 4.69) is 20.0 Å². The lowest BCUT2D eigenvalue weighted by Crippen LogP contribution is -2.23. The van der Waals surface area contributed by atoms with Crippen LogP contribution in [0.2, 0.25) is 0 Å². The van der Waals surface area contributed by atoms with Gasteiger partial charge >= 0.3 is 5.97 Å². The molecule has 0 aliphatic rings. The first-order valence-corrected chi connectivity index (χ1v) is 6.06. The Balaban J connectivity index is 1.93. The number of aromatic nitrogens is 2. The summed E-state index contributed by atoms with van der Waals surface area (Å²) in [6.07, 6.45) is 0. The van der Waals surface area contributed by atoms with Crippen LogP contribution in [-0.2, 0) is 17.8 Å². The maximum absolute atomic E-state index is 11.9. The average Bonchev–Trinajstić information content (AvgIpc) is 3.12. The lowest BCUT2D eigenvalue weighted by atomic mass is 10.3. The van der Waals surface area contributed by atoms with Gasteiger partial charge in [-0.1, -0.05) is 0 Å². The third-order valence-corrected chi connectivity index (χ3v) is 2.80. The van der Waals surface area contributed by atoms with E-state index < -0.39 is 5.97 Å². The zero-order valence-corrected chi connectivity index (χ0v) is 11.0. The van der Waals surface area contributed by atoms with Gasteiger partial charge in [-0.25, -0.2) is 4.79 Å². The maximum Gasteiger partial charge on any atom is 0.354 e. The van der Waals surface area contributed by atoms with Gasteiger partial charge in [0, 0.05) is 17.9 Å². The summed E-state index contributed by atoms with van der Waals surface area (Å²) < 4.78 is 4.59. The molecule has 2 aromatic rings. The number of nitrogens with two attached hydrogens (primary N) is 1. The van der Waals surface area contributed by atoms with E-state index in [1.54, 1.807) is 24.3 Å². The molecule has 2 rings (SSSR count). The Kier molecular flexibility index (Phi) is 4.21. The lowest BCUT2D eigenvalue weighted by molar-refractivity contribution is 0.0594. The molecule has 0 unspecified atom stereocenters. The van der Waals surface area contributed by atoms with Gasteiger partial charge in [0.05, 0.1) is 13.7 Å². The first-order chi connectivity index (χ1) is 9.63. The summed E-state index contributed by atoms with van der Waals surface area (Å²) in [5.74, 6) is -0.682. The summed E-state index contributed by atoms with van der Waals surface area (Å²) in [6, 6.07) is 6.76. The molecule has 2 heterocycles. The molecule has 7 heteroatoms. The third kappa shape index (κ3) is 3.07. The minimum absolute atomic E-state index is 0.237. The van der Waals surface area contributed by atoms with Gasteiger partial charge < -0.3 is 25.8 Å². The Labute approximate surface area is 115 Å². The highest BCUT2D eigenvalue weighted by Gasteiger charge is 2.10. The van der Waals surface area contributed by atoms with E-state index in [-0.39, 0.29) is 12.5 Å². The highest BCUT2D eigenvalue weighted by atomic mass is 16.5. The Morgan fingerprint density at radius 3 is 2.45 bits per heavy atom. The maximum atomic E-state index is 11.9. The van der Waals surface area contributed by atoms with E-state index in [1.807, 2.05) is 0 Å². The van der Waals surface area contributed by atoms with E-state index in [9.17, 15) is 9.59 Å². The van der Waals surface area contributed by atoms with E-state index >= 15 is 0 Å². The Morgan fingerprint density at radius 1 is 1.15 bits per heavy atom. The van der Waals surface area contributed by atoms with Crippen LogP contribution in [0.25, 0.3) is 0 Å². The normalized spacial score (nSPS) is 10.3. The minimum atomic E-state index is -0.445. The molecule has 2 aromatic heterocycles. The summed E-state index contributed by atoms with van der Waals surface area (Å²) in [5.41, 5.74) is 7.77.